The van der Waals surface area contributed by atoms with Crippen molar-refractivity contribution in [1.29, 1.82) is 0 Å². The normalized spacial score (nSPS) is 16.4. The van der Waals surface area contributed by atoms with Crippen molar-refractivity contribution in [2.24, 2.45) is 0 Å². The van der Waals surface area contributed by atoms with Crippen molar-refractivity contribution in [3.63, 3.8) is 0 Å². The van der Waals surface area contributed by atoms with Gasteiger partial charge in [-0.05, 0) is 67.3 Å². The average molecular weight is 551 g/mol. The molecular weight excluding hydrogens is 520 g/mol. The van der Waals surface area contributed by atoms with Gasteiger partial charge in [-0.1, -0.05) is 30.7 Å². The van der Waals surface area contributed by atoms with E-state index in [1.807, 2.05) is 37.3 Å². The summed E-state index contributed by atoms with van der Waals surface area (Å²) in [5.74, 6) is 0.420. The summed E-state index contributed by atoms with van der Waals surface area (Å²) in [5, 5.41) is 0.540. The first-order valence-corrected chi connectivity index (χ1v) is 14.9. The first kappa shape index (κ1) is 26.3. The molecule has 198 valence electrons. The zero-order valence-corrected chi connectivity index (χ0v) is 23.0. The summed E-state index contributed by atoms with van der Waals surface area (Å²) in [7, 11) is -2.03. The topological polar surface area (TPSA) is 92.7 Å². The van der Waals surface area contributed by atoms with Crippen LogP contribution in [-0.2, 0) is 16.6 Å². The minimum absolute atomic E-state index is 0.0164. The lowest BCUT2D eigenvalue weighted by Gasteiger charge is -2.34. The molecule has 1 aliphatic heterocycles. The van der Waals surface area contributed by atoms with E-state index in [9.17, 15) is 13.2 Å². The number of hydrogen-bond donors (Lipinski definition) is 0. The number of hydrogen-bond acceptors (Lipinski definition) is 7. The molecule has 1 fully saturated rings. The van der Waals surface area contributed by atoms with Crippen molar-refractivity contribution in [1.82, 2.24) is 14.3 Å². The van der Waals surface area contributed by atoms with Gasteiger partial charge in [-0.2, -0.15) is 4.31 Å². The number of ether oxygens (including phenoxy) is 1. The number of thiazole rings is 1. The Labute approximate surface area is 227 Å². The Morgan fingerprint density at radius 1 is 1.16 bits per heavy atom. The third kappa shape index (κ3) is 5.29. The van der Waals surface area contributed by atoms with Gasteiger partial charge in [-0.3, -0.25) is 14.7 Å². The molecule has 1 atom stereocenters. The molecule has 0 N–H and O–H groups in total. The van der Waals surface area contributed by atoms with Crippen LogP contribution < -0.4 is 9.64 Å². The lowest BCUT2D eigenvalue weighted by molar-refractivity contribution is 0.0985. The highest BCUT2D eigenvalue weighted by Gasteiger charge is 2.32. The highest BCUT2D eigenvalue weighted by Crippen LogP contribution is 2.33. The van der Waals surface area contributed by atoms with Gasteiger partial charge in [0.05, 0.1) is 28.8 Å². The van der Waals surface area contributed by atoms with Crippen LogP contribution >= 0.6 is 11.3 Å². The van der Waals surface area contributed by atoms with E-state index in [-0.39, 0.29) is 23.4 Å². The standard InChI is InChI=1S/C28H30N4O4S2/c1-3-22-8-4-5-16-32(22)38(34,35)24-12-9-21(10-13-24)27(33)31(19-20-7-6-15-29-18-20)28-30-25-17-23(36-2)11-14-26(25)37-28/h6-7,9-15,17-18,22H,3-5,8,16,19H2,1-2H3. The number of aromatic nitrogens is 2. The van der Waals surface area contributed by atoms with Crippen LogP contribution in [0.5, 0.6) is 5.75 Å². The van der Waals surface area contributed by atoms with E-state index in [0.717, 1.165) is 41.5 Å². The van der Waals surface area contributed by atoms with E-state index in [1.165, 1.54) is 23.5 Å². The molecule has 38 heavy (non-hydrogen) atoms. The minimum atomic E-state index is -3.63. The van der Waals surface area contributed by atoms with Gasteiger partial charge in [0.15, 0.2) is 5.13 Å². The van der Waals surface area contributed by atoms with Gasteiger partial charge in [0, 0.05) is 36.6 Å². The third-order valence-corrected chi connectivity index (χ3v) is 9.90. The minimum Gasteiger partial charge on any atom is -0.497 e. The quantitative estimate of drug-likeness (QED) is 0.288. The van der Waals surface area contributed by atoms with Crippen LogP contribution in [0, 0.1) is 0 Å². The Hall–Kier alpha value is -3.34. The van der Waals surface area contributed by atoms with Crippen LogP contribution in [0.2, 0.25) is 0 Å². The molecular formula is C28H30N4O4S2. The SMILES string of the molecule is CCC1CCCCN1S(=O)(=O)c1ccc(C(=O)N(Cc2cccnc2)c2nc3cc(OC)ccc3s2)cc1. The molecule has 1 saturated heterocycles. The van der Waals surface area contributed by atoms with Crippen molar-refractivity contribution in [3.05, 3.63) is 78.1 Å². The van der Waals surface area contributed by atoms with Gasteiger partial charge in [-0.25, -0.2) is 13.4 Å². The van der Waals surface area contributed by atoms with Gasteiger partial charge < -0.3 is 4.74 Å². The maximum Gasteiger partial charge on any atom is 0.260 e. The molecule has 0 aliphatic carbocycles. The number of sulfonamides is 1. The molecule has 0 radical (unpaired) electrons. The number of anilines is 1. The fourth-order valence-electron chi connectivity index (χ4n) is 4.80. The van der Waals surface area contributed by atoms with Gasteiger partial charge >= 0.3 is 0 Å². The van der Waals surface area contributed by atoms with E-state index < -0.39 is 10.0 Å². The molecule has 1 unspecified atom stereocenters. The Morgan fingerprint density at radius 3 is 2.68 bits per heavy atom. The summed E-state index contributed by atoms with van der Waals surface area (Å²) in [4.78, 5) is 24.5. The summed E-state index contributed by atoms with van der Waals surface area (Å²) < 4.78 is 34.7. The molecule has 1 aliphatic rings. The van der Waals surface area contributed by atoms with Crippen LogP contribution in [0.15, 0.2) is 71.9 Å². The van der Waals surface area contributed by atoms with Crippen molar-refractivity contribution >= 4 is 42.6 Å². The molecule has 0 saturated carbocycles. The molecule has 2 aromatic heterocycles. The molecule has 10 heteroatoms. The van der Waals surface area contributed by atoms with E-state index in [0.29, 0.717) is 23.0 Å². The molecule has 5 rings (SSSR count). The van der Waals surface area contributed by atoms with Crippen molar-refractivity contribution < 1.29 is 17.9 Å². The Bertz CT molecular complexity index is 1520. The van der Waals surface area contributed by atoms with Crippen LogP contribution in [-0.4, -0.2) is 48.3 Å². The van der Waals surface area contributed by atoms with Crippen molar-refractivity contribution in [2.75, 3.05) is 18.6 Å². The van der Waals surface area contributed by atoms with Crippen LogP contribution in [0.3, 0.4) is 0 Å². The number of carbonyl (C=O) groups is 1. The second kappa shape index (κ2) is 11.2. The predicted molar refractivity (Wildman–Crippen MR) is 149 cm³/mol. The number of pyridine rings is 1. The summed E-state index contributed by atoms with van der Waals surface area (Å²) in [6.07, 6.45) is 6.98. The second-order valence-electron chi connectivity index (χ2n) is 9.28. The number of carbonyl (C=O) groups excluding carboxylic acids is 1. The molecule has 2 aromatic carbocycles. The lowest BCUT2D eigenvalue weighted by Crippen LogP contribution is -2.43. The summed E-state index contributed by atoms with van der Waals surface area (Å²) in [6, 6.07) is 15.6. The predicted octanol–water partition coefficient (Wildman–Crippen LogP) is 5.50. The average Bonchev–Trinajstić information content (AvgIpc) is 3.39. The van der Waals surface area contributed by atoms with Crippen LogP contribution in [0.4, 0.5) is 5.13 Å². The maximum atomic E-state index is 13.8. The van der Waals surface area contributed by atoms with Gasteiger partial charge in [0.25, 0.3) is 5.91 Å². The maximum absolute atomic E-state index is 13.8. The smallest absolute Gasteiger partial charge is 0.260 e. The molecule has 3 heterocycles. The number of methoxy groups -OCH3 is 1. The zero-order valence-electron chi connectivity index (χ0n) is 21.4. The largest absolute Gasteiger partial charge is 0.497 e. The number of amides is 1. The van der Waals surface area contributed by atoms with Crippen LogP contribution in [0.1, 0.15) is 48.5 Å². The van der Waals surface area contributed by atoms with Crippen molar-refractivity contribution in [2.45, 2.75) is 50.1 Å². The Morgan fingerprint density at radius 2 is 1.97 bits per heavy atom. The van der Waals surface area contributed by atoms with Gasteiger partial charge in [0.2, 0.25) is 10.0 Å². The molecule has 8 nitrogen and oxygen atoms in total. The number of fused-ring (bicyclic) bond motifs is 1. The van der Waals surface area contributed by atoms with E-state index in [2.05, 4.69) is 4.98 Å². The summed E-state index contributed by atoms with van der Waals surface area (Å²) in [6.45, 7) is 2.83. The molecule has 0 spiro atoms. The molecule has 0 bridgehead atoms. The van der Waals surface area contributed by atoms with Crippen molar-refractivity contribution in [3.8, 4) is 5.75 Å². The monoisotopic (exact) mass is 550 g/mol. The fraction of sp³-hybridized carbons (Fsp3) is 0.321. The summed E-state index contributed by atoms with van der Waals surface area (Å²) >= 11 is 1.41. The van der Waals surface area contributed by atoms with Gasteiger partial charge in [-0.15, -0.1) is 0 Å². The highest BCUT2D eigenvalue weighted by molar-refractivity contribution is 7.89. The van der Waals surface area contributed by atoms with E-state index >= 15 is 0 Å². The zero-order chi connectivity index (χ0) is 26.7. The second-order valence-corrected chi connectivity index (χ2v) is 12.2. The van der Waals surface area contributed by atoms with E-state index in [1.54, 1.807) is 40.8 Å². The molecule has 4 aromatic rings. The number of piperidine rings is 1. The number of nitrogens with zero attached hydrogens (tertiary/aromatic N) is 4. The molecule has 1 amide bonds. The Balaban J connectivity index is 1.46. The Kier molecular flexibility index (Phi) is 7.73. The first-order chi connectivity index (χ1) is 18.4. The third-order valence-electron chi connectivity index (χ3n) is 6.88. The van der Waals surface area contributed by atoms with E-state index in [4.69, 9.17) is 9.72 Å². The van der Waals surface area contributed by atoms with Crippen LogP contribution in [0.25, 0.3) is 10.2 Å². The summed E-state index contributed by atoms with van der Waals surface area (Å²) in [5.41, 5.74) is 1.98. The first-order valence-electron chi connectivity index (χ1n) is 12.7. The highest BCUT2D eigenvalue weighted by atomic mass is 32.2. The number of rotatable bonds is 8. The lowest BCUT2D eigenvalue weighted by atomic mass is 10.0. The fourth-order valence-corrected chi connectivity index (χ4v) is 7.51. The van der Waals surface area contributed by atoms with Gasteiger partial charge in [0.1, 0.15) is 5.75 Å². The number of benzene rings is 2.